The zero-order valence-electron chi connectivity index (χ0n) is 17.0. The van der Waals surface area contributed by atoms with Crippen molar-refractivity contribution in [2.24, 2.45) is 0 Å². The van der Waals surface area contributed by atoms with E-state index in [2.05, 4.69) is 0 Å². The summed E-state index contributed by atoms with van der Waals surface area (Å²) in [6.45, 7) is 6.13. The van der Waals surface area contributed by atoms with E-state index in [0.717, 1.165) is 37.7 Å². The number of rotatable bonds is 4. The Morgan fingerprint density at radius 2 is 1.75 bits per heavy atom. The highest BCUT2D eigenvalue weighted by Crippen LogP contribution is 2.43. The molecule has 1 aliphatic carbocycles. The van der Waals surface area contributed by atoms with Gasteiger partial charge in [0.25, 0.3) is 0 Å². The second-order valence-electron chi connectivity index (χ2n) is 8.99. The van der Waals surface area contributed by atoms with Crippen molar-refractivity contribution in [2.75, 3.05) is 0 Å². The van der Waals surface area contributed by atoms with Crippen LogP contribution in [0.25, 0.3) is 0 Å². The molecule has 1 aromatic carbocycles. The van der Waals surface area contributed by atoms with Gasteiger partial charge in [-0.1, -0.05) is 30.3 Å². The molecule has 1 saturated carbocycles. The quantitative estimate of drug-likeness (QED) is 0.827. The van der Waals surface area contributed by atoms with Crippen LogP contribution in [0.5, 0.6) is 0 Å². The number of benzene rings is 1. The topological polar surface area (TPSA) is 76.1 Å². The molecule has 154 valence electrons. The number of carbonyl (C=O) groups is 2. The predicted octanol–water partition coefficient (Wildman–Crippen LogP) is 4.37. The van der Waals surface area contributed by atoms with Crippen LogP contribution in [0.1, 0.15) is 64.9 Å². The minimum absolute atomic E-state index is 0.0631. The zero-order valence-corrected chi connectivity index (χ0v) is 17.0. The molecule has 28 heavy (non-hydrogen) atoms. The molecule has 6 heteroatoms. The molecule has 1 amide bonds. The van der Waals surface area contributed by atoms with Crippen molar-refractivity contribution < 1.29 is 24.2 Å². The van der Waals surface area contributed by atoms with E-state index in [-0.39, 0.29) is 17.7 Å². The molecule has 1 heterocycles. The van der Waals surface area contributed by atoms with E-state index in [0.29, 0.717) is 13.0 Å². The summed E-state index contributed by atoms with van der Waals surface area (Å²) >= 11 is 0. The van der Waals surface area contributed by atoms with Gasteiger partial charge >= 0.3 is 12.1 Å². The molecule has 2 fully saturated rings. The van der Waals surface area contributed by atoms with Crippen LogP contribution in [-0.4, -0.2) is 45.4 Å². The van der Waals surface area contributed by atoms with Crippen LogP contribution in [0.15, 0.2) is 30.3 Å². The number of aliphatic carboxylic acids is 1. The fourth-order valence-corrected chi connectivity index (χ4v) is 4.24. The SMILES string of the molecule is CC(C)(C)OC(=O)N(Cc1ccccc1)C1CCC2(CCC(C(=O)O)O2)CC1. The molecule has 1 spiro atoms. The first-order valence-corrected chi connectivity index (χ1v) is 10.1. The van der Waals surface area contributed by atoms with Gasteiger partial charge in [0, 0.05) is 12.6 Å². The summed E-state index contributed by atoms with van der Waals surface area (Å²) in [7, 11) is 0. The minimum Gasteiger partial charge on any atom is -0.479 e. The third-order valence-electron chi connectivity index (χ3n) is 5.66. The Kier molecular flexibility index (Phi) is 5.98. The molecule has 1 unspecified atom stereocenters. The van der Waals surface area contributed by atoms with E-state index in [1.165, 1.54) is 0 Å². The molecule has 1 aromatic rings. The van der Waals surface area contributed by atoms with E-state index in [1.807, 2.05) is 56.0 Å². The summed E-state index contributed by atoms with van der Waals surface area (Å²) in [6, 6.07) is 9.99. The van der Waals surface area contributed by atoms with Gasteiger partial charge in [-0.15, -0.1) is 0 Å². The summed E-state index contributed by atoms with van der Waals surface area (Å²) in [4.78, 5) is 26.0. The molecule has 3 rings (SSSR count). The van der Waals surface area contributed by atoms with Gasteiger partial charge in [0.1, 0.15) is 5.60 Å². The van der Waals surface area contributed by atoms with E-state index in [4.69, 9.17) is 9.47 Å². The summed E-state index contributed by atoms with van der Waals surface area (Å²) in [6.07, 6.45) is 3.49. The average molecular weight is 389 g/mol. The maximum Gasteiger partial charge on any atom is 0.410 e. The van der Waals surface area contributed by atoms with Crippen LogP contribution in [0.4, 0.5) is 4.79 Å². The van der Waals surface area contributed by atoms with Crippen molar-refractivity contribution in [3.05, 3.63) is 35.9 Å². The Bertz CT molecular complexity index is 689. The summed E-state index contributed by atoms with van der Waals surface area (Å²) in [5, 5.41) is 9.22. The summed E-state index contributed by atoms with van der Waals surface area (Å²) < 4.78 is 11.6. The molecule has 6 nitrogen and oxygen atoms in total. The standard InChI is InChI=1S/C22H31NO5/c1-21(2,3)28-20(26)23(15-16-7-5-4-6-8-16)17-9-12-22(13-10-17)14-11-18(27-22)19(24)25/h4-8,17-18H,9-15H2,1-3H3,(H,24,25). The van der Waals surface area contributed by atoms with E-state index < -0.39 is 17.7 Å². The van der Waals surface area contributed by atoms with Gasteiger partial charge in [0.15, 0.2) is 6.10 Å². The highest BCUT2D eigenvalue weighted by atomic mass is 16.6. The Balaban J connectivity index is 1.69. The highest BCUT2D eigenvalue weighted by molar-refractivity contribution is 5.72. The lowest BCUT2D eigenvalue weighted by molar-refractivity contribution is -0.157. The number of nitrogens with zero attached hydrogens (tertiary/aromatic N) is 1. The van der Waals surface area contributed by atoms with Crippen molar-refractivity contribution in [1.29, 1.82) is 0 Å². The number of carbonyl (C=O) groups excluding carboxylic acids is 1. The molecular weight excluding hydrogens is 358 g/mol. The Labute approximate surface area is 166 Å². The predicted molar refractivity (Wildman–Crippen MR) is 105 cm³/mol. The van der Waals surface area contributed by atoms with Crippen LogP contribution in [0.3, 0.4) is 0 Å². The first-order valence-electron chi connectivity index (χ1n) is 10.1. The number of carboxylic acid groups (broad SMARTS) is 1. The van der Waals surface area contributed by atoms with Crippen molar-refractivity contribution in [2.45, 2.75) is 89.2 Å². The number of hydrogen-bond acceptors (Lipinski definition) is 4. The Morgan fingerprint density at radius 3 is 2.29 bits per heavy atom. The molecule has 1 aliphatic heterocycles. The van der Waals surface area contributed by atoms with Gasteiger partial charge in [-0.25, -0.2) is 9.59 Å². The van der Waals surface area contributed by atoms with Crippen LogP contribution < -0.4 is 0 Å². The van der Waals surface area contributed by atoms with Crippen LogP contribution in [-0.2, 0) is 20.8 Å². The van der Waals surface area contributed by atoms with Gasteiger partial charge in [0.2, 0.25) is 0 Å². The van der Waals surface area contributed by atoms with Gasteiger partial charge in [0.05, 0.1) is 5.60 Å². The maximum absolute atomic E-state index is 12.9. The first-order chi connectivity index (χ1) is 13.2. The Morgan fingerprint density at radius 1 is 1.14 bits per heavy atom. The van der Waals surface area contributed by atoms with E-state index in [9.17, 15) is 14.7 Å². The highest BCUT2D eigenvalue weighted by Gasteiger charge is 2.46. The second-order valence-corrected chi connectivity index (χ2v) is 8.99. The lowest BCUT2D eigenvalue weighted by atomic mass is 9.80. The van der Waals surface area contributed by atoms with Crippen LogP contribution in [0, 0.1) is 0 Å². The van der Waals surface area contributed by atoms with Gasteiger partial charge < -0.3 is 19.5 Å². The lowest BCUT2D eigenvalue weighted by Gasteiger charge is -2.41. The lowest BCUT2D eigenvalue weighted by Crippen LogP contribution is -2.47. The minimum atomic E-state index is -0.876. The van der Waals surface area contributed by atoms with Crippen LogP contribution >= 0.6 is 0 Å². The van der Waals surface area contributed by atoms with Gasteiger partial charge in [-0.3, -0.25) is 0 Å². The number of ether oxygens (including phenoxy) is 2. The summed E-state index contributed by atoms with van der Waals surface area (Å²) in [5.41, 5.74) is 0.175. The molecule has 1 N–H and O–H groups in total. The molecule has 1 atom stereocenters. The normalized spacial score (nSPS) is 27.5. The maximum atomic E-state index is 12.9. The van der Waals surface area contributed by atoms with Crippen molar-refractivity contribution in [3.8, 4) is 0 Å². The van der Waals surface area contributed by atoms with Crippen molar-refractivity contribution in [3.63, 3.8) is 0 Å². The molecule has 2 aliphatic rings. The molecular formula is C22H31NO5. The fraction of sp³-hybridized carbons (Fsp3) is 0.636. The summed E-state index contributed by atoms with van der Waals surface area (Å²) in [5.74, 6) is -0.876. The van der Waals surface area contributed by atoms with Crippen LogP contribution in [0.2, 0.25) is 0 Å². The zero-order chi connectivity index (χ0) is 20.4. The van der Waals surface area contributed by atoms with E-state index >= 15 is 0 Å². The molecule has 0 aromatic heterocycles. The number of amides is 1. The monoisotopic (exact) mass is 389 g/mol. The molecule has 0 bridgehead atoms. The third-order valence-corrected chi connectivity index (χ3v) is 5.66. The third kappa shape index (κ3) is 5.04. The average Bonchev–Trinajstić information content (AvgIpc) is 3.04. The fourth-order valence-electron chi connectivity index (χ4n) is 4.24. The van der Waals surface area contributed by atoms with Crippen molar-refractivity contribution >= 4 is 12.1 Å². The second kappa shape index (κ2) is 8.11. The van der Waals surface area contributed by atoms with Gasteiger partial charge in [-0.2, -0.15) is 0 Å². The first kappa shape index (κ1) is 20.6. The van der Waals surface area contributed by atoms with Crippen molar-refractivity contribution in [1.82, 2.24) is 4.90 Å². The largest absolute Gasteiger partial charge is 0.479 e. The molecule has 0 radical (unpaired) electrons. The Hall–Kier alpha value is -2.08. The molecule has 1 saturated heterocycles. The number of hydrogen-bond donors (Lipinski definition) is 1. The van der Waals surface area contributed by atoms with Gasteiger partial charge in [-0.05, 0) is 64.9 Å². The smallest absolute Gasteiger partial charge is 0.410 e. The number of carboxylic acids is 1. The van der Waals surface area contributed by atoms with E-state index in [1.54, 1.807) is 0 Å².